The van der Waals surface area contributed by atoms with Crippen LogP contribution in [0.2, 0.25) is 0 Å². The fourth-order valence-corrected chi connectivity index (χ4v) is 9.06. The van der Waals surface area contributed by atoms with Crippen LogP contribution in [0, 0.1) is 25.5 Å². The third-order valence-electron chi connectivity index (χ3n) is 13.1. The van der Waals surface area contributed by atoms with Gasteiger partial charge >= 0.3 is 0 Å². The molecule has 6 aromatic heterocycles. The van der Waals surface area contributed by atoms with Gasteiger partial charge < -0.3 is 39.1 Å². The third kappa shape index (κ3) is 8.86. The Morgan fingerprint density at radius 1 is 0.600 bits per heavy atom. The summed E-state index contributed by atoms with van der Waals surface area (Å²) in [5.74, 6) is 1.17. The number of pyridine rings is 2. The number of hydrogen-bond donors (Lipinski definition) is 4. The Bertz CT molecular complexity index is 3100. The summed E-state index contributed by atoms with van der Waals surface area (Å²) >= 11 is 0. The number of aryl methyl sites for hydroxylation is 2. The molecule has 0 bridgehead atoms. The fraction of sp³-hybridized carbons (Fsp3) is 0.320. The van der Waals surface area contributed by atoms with Crippen LogP contribution in [0.25, 0.3) is 34.4 Å². The van der Waals surface area contributed by atoms with Crippen molar-refractivity contribution in [1.82, 2.24) is 58.6 Å². The minimum Gasteiger partial charge on any atom is -0.385 e. The Morgan fingerprint density at radius 2 is 1.03 bits per heavy atom. The zero-order valence-corrected chi connectivity index (χ0v) is 38.3. The van der Waals surface area contributed by atoms with Crippen molar-refractivity contribution in [2.75, 3.05) is 10.6 Å². The molecule has 8 aromatic rings. The molecule has 0 spiro atoms. The number of benzene rings is 2. The Kier molecular flexibility index (Phi) is 11.6. The molecule has 2 atom stereocenters. The molecule has 8 heterocycles. The lowest BCUT2D eigenvalue weighted by Gasteiger charge is -2.19. The molecule has 2 aliphatic heterocycles. The van der Waals surface area contributed by atoms with E-state index in [9.17, 15) is 28.6 Å². The summed E-state index contributed by atoms with van der Waals surface area (Å²) in [6.07, 6.45) is 13.5. The number of nitrogens with zero attached hydrogens (tertiary/aromatic N) is 12. The number of imidazole rings is 2. The first-order valence-corrected chi connectivity index (χ1v) is 23.4. The summed E-state index contributed by atoms with van der Waals surface area (Å²) in [5.41, 5.74) is 5.70. The number of hydrogen-bond acceptors (Lipinski definition) is 12. The molecule has 0 unspecified atom stereocenters. The Morgan fingerprint density at radius 3 is 1.44 bits per heavy atom. The zero-order valence-electron chi connectivity index (χ0n) is 38.3. The quantitative estimate of drug-likeness (QED) is 0.103. The highest BCUT2D eigenvalue weighted by Gasteiger charge is 2.29. The van der Waals surface area contributed by atoms with Gasteiger partial charge in [0.25, 0.3) is 11.8 Å². The molecular weight excluding hydrogens is 899 g/mol. The molecule has 70 heavy (non-hydrogen) atoms. The molecule has 4 N–H and O–H groups in total. The second kappa shape index (κ2) is 18.2. The molecule has 2 aromatic carbocycles. The maximum Gasteiger partial charge on any atom is 0.259 e. The molecule has 356 valence electrons. The Hall–Kier alpha value is -7.84. The molecule has 18 nitrogen and oxygen atoms in total. The summed E-state index contributed by atoms with van der Waals surface area (Å²) in [6.45, 7) is 4.97. The van der Waals surface area contributed by atoms with Crippen LogP contribution in [0.3, 0.4) is 0 Å². The minimum atomic E-state index is -0.651. The van der Waals surface area contributed by atoms with E-state index in [2.05, 4.69) is 51.0 Å². The monoisotopic (exact) mass is 946 g/mol. The van der Waals surface area contributed by atoms with Gasteiger partial charge in [0, 0.05) is 37.3 Å². The maximum atomic E-state index is 14.8. The van der Waals surface area contributed by atoms with E-state index in [-0.39, 0.29) is 22.8 Å². The Balaban J connectivity index is 0.000000152. The van der Waals surface area contributed by atoms with Crippen molar-refractivity contribution >= 4 is 23.5 Å². The standard InChI is InChI=1S/2C25H24FN7O2/c2*1-14-10-17(26)16(11-20(14)32-12-19(27-13-32)15-7-8-15)25(35)29-22-6-2-4-18(28-22)23-30-31-24-21(34)5-3-9-33(23)24/h2*2,4,6,10-13,15,21,34H,3,5,7-9H2,1H3,(H,28,29,35)/t2*21-/m10/s1. The number of anilines is 2. The minimum absolute atomic E-state index is 0.0811. The van der Waals surface area contributed by atoms with Crippen LogP contribution < -0.4 is 10.6 Å². The summed E-state index contributed by atoms with van der Waals surface area (Å²) in [5, 5.41) is 42.3. The second-order valence-electron chi connectivity index (χ2n) is 18.3. The highest BCUT2D eigenvalue weighted by atomic mass is 19.1. The lowest BCUT2D eigenvalue weighted by molar-refractivity contribution is 0.101. The van der Waals surface area contributed by atoms with Crippen molar-refractivity contribution < 1.29 is 28.6 Å². The van der Waals surface area contributed by atoms with Crippen molar-refractivity contribution in [3.63, 3.8) is 0 Å². The van der Waals surface area contributed by atoms with E-state index in [0.717, 1.165) is 49.9 Å². The van der Waals surface area contributed by atoms with Crippen molar-refractivity contribution in [1.29, 1.82) is 0 Å². The normalized spacial score (nSPS) is 17.3. The van der Waals surface area contributed by atoms with Gasteiger partial charge in [-0.25, -0.2) is 28.7 Å². The molecular formula is C50H48F2N14O4. The smallest absolute Gasteiger partial charge is 0.259 e. The molecule has 2 saturated carbocycles. The zero-order chi connectivity index (χ0) is 48.2. The number of aliphatic hydroxyl groups is 2. The number of aliphatic hydroxyl groups excluding tert-OH is 2. The van der Waals surface area contributed by atoms with E-state index in [0.29, 0.717) is 95.0 Å². The molecule has 2 fully saturated rings. The van der Waals surface area contributed by atoms with Gasteiger partial charge in [-0.2, -0.15) is 0 Å². The van der Waals surface area contributed by atoms with Gasteiger partial charge in [-0.3, -0.25) is 9.59 Å². The van der Waals surface area contributed by atoms with Crippen LogP contribution in [0.4, 0.5) is 20.4 Å². The molecule has 12 rings (SSSR count). The SMILES string of the molecule is Cc1cc(F)c(C(=O)Nc2cccc(-c3nnc4n3CCC[C@@H]4O)n2)cc1-n1cnc(C2CC2)c1.Cc1cc(F)c(C(=O)Nc2cccc(-c3nnc4n3CCC[C@H]4O)n2)cc1-n1cnc(C2CC2)c1. The van der Waals surface area contributed by atoms with Crippen molar-refractivity contribution in [2.45, 2.75) is 102 Å². The first kappa shape index (κ1) is 44.7. The number of nitrogens with one attached hydrogen (secondary N) is 2. The van der Waals surface area contributed by atoms with Gasteiger partial charge in [0.1, 0.15) is 46.9 Å². The number of halogens is 2. The highest BCUT2D eigenvalue weighted by molar-refractivity contribution is 6.05. The predicted octanol–water partition coefficient (Wildman–Crippen LogP) is 7.86. The van der Waals surface area contributed by atoms with Crippen LogP contribution in [-0.4, -0.2) is 80.6 Å². The number of carbonyl (C=O) groups is 2. The van der Waals surface area contributed by atoms with Crippen LogP contribution in [0.15, 0.2) is 85.7 Å². The lowest BCUT2D eigenvalue weighted by Crippen LogP contribution is -2.17. The number of fused-ring (bicyclic) bond motifs is 2. The maximum absolute atomic E-state index is 14.8. The summed E-state index contributed by atoms with van der Waals surface area (Å²) in [7, 11) is 0. The van der Waals surface area contributed by atoms with Crippen molar-refractivity contribution in [2.24, 2.45) is 0 Å². The van der Waals surface area contributed by atoms with E-state index in [1.54, 1.807) is 75.0 Å². The second-order valence-corrected chi connectivity index (χ2v) is 18.3. The molecule has 4 aliphatic rings. The van der Waals surface area contributed by atoms with E-state index in [1.807, 2.05) is 30.7 Å². The van der Waals surface area contributed by atoms with Gasteiger partial charge in [-0.1, -0.05) is 12.1 Å². The number of aromatic nitrogens is 12. The first-order valence-electron chi connectivity index (χ1n) is 23.4. The summed E-state index contributed by atoms with van der Waals surface area (Å²) in [4.78, 5) is 44.0. The molecule has 2 amide bonds. The van der Waals surface area contributed by atoms with Crippen LogP contribution in [0.1, 0.15) is 130 Å². The Labute approximate surface area is 399 Å². The van der Waals surface area contributed by atoms with Gasteiger partial charge in [0.2, 0.25) is 0 Å². The van der Waals surface area contributed by atoms with Gasteiger partial charge in [0.05, 0.1) is 46.5 Å². The third-order valence-corrected chi connectivity index (χ3v) is 13.1. The van der Waals surface area contributed by atoms with Gasteiger partial charge in [0.15, 0.2) is 23.3 Å². The highest BCUT2D eigenvalue weighted by Crippen LogP contribution is 2.40. The number of rotatable bonds is 10. The largest absolute Gasteiger partial charge is 0.385 e. The van der Waals surface area contributed by atoms with E-state index in [4.69, 9.17) is 0 Å². The summed E-state index contributed by atoms with van der Waals surface area (Å²) < 4.78 is 37.0. The molecule has 0 saturated heterocycles. The molecule has 2 aliphatic carbocycles. The summed E-state index contributed by atoms with van der Waals surface area (Å²) in [6, 6.07) is 16.1. The van der Waals surface area contributed by atoms with E-state index >= 15 is 0 Å². The fourth-order valence-electron chi connectivity index (χ4n) is 9.06. The van der Waals surface area contributed by atoms with Gasteiger partial charge in [-0.15, -0.1) is 20.4 Å². The first-order chi connectivity index (χ1) is 33.9. The lowest BCUT2D eigenvalue weighted by atomic mass is 10.1. The average molecular weight is 947 g/mol. The van der Waals surface area contributed by atoms with Crippen LogP contribution >= 0.6 is 0 Å². The van der Waals surface area contributed by atoms with Crippen molar-refractivity contribution in [3.05, 3.63) is 143 Å². The molecule has 0 radical (unpaired) electrons. The van der Waals surface area contributed by atoms with Crippen LogP contribution in [-0.2, 0) is 13.1 Å². The molecule has 20 heteroatoms. The number of amides is 2. The topological polar surface area (TPSA) is 222 Å². The van der Waals surface area contributed by atoms with Crippen LogP contribution in [0.5, 0.6) is 0 Å². The van der Waals surface area contributed by atoms with E-state index in [1.165, 1.54) is 12.1 Å². The predicted molar refractivity (Wildman–Crippen MR) is 251 cm³/mol. The average Bonchev–Trinajstić information content (AvgIpc) is 4.13. The van der Waals surface area contributed by atoms with Crippen molar-refractivity contribution in [3.8, 4) is 34.4 Å². The number of carbonyl (C=O) groups excluding carboxylic acids is 2. The van der Waals surface area contributed by atoms with E-state index < -0.39 is 35.7 Å². The van der Waals surface area contributed by atoms with Gasteiger partial charge in [-0.05, 0) is 125 Å².